The van der Waals surface area contributed by atoms with E-state index in [4.69, 9.17) is 9.97 Å². The molecule has 4 heteroatoms. The lowest BCUT2D eigenvalue weighted by molar-refractivity contribution is 0.718. The third-order valence-corrected chi connectivity index (χ3v) is 6.68. The van der Waals surface area contributed by atoms with E-state index >= 15 is 0 Å². The second-order valence-electron chi connectivity index (χ2n) is 8.20. The molecule has 0 aliphatic rings. The Morgan fingerprint density at radius 2 is 1.85 bits per heavy atom. The molecule has 2 aromatic heterocycles. The lowest BCUT2D eigenvalue weighted by Crippen LogP contribution is -2.07. The average Bonchev–Trinajstić information content (AvgIpc) is 3.40. The minimum absolute atomic E-state index is 0.735. The summed E-state index contributed by atoms with van der Waals surface area (Å²) >= 11 is 1.70. The van der Waals surface area contributed by atoms with Gasteiger partial charge in [0.2, 0.25) is 0 Å². The molecule has 168 valence electrons. The third kappa shape index (κ3) is 5.40. The second-order valence-corrected chi connectivity index (χ2v) is 9.27. The fourth-order valence-corrected chi connectivity index (χ4v) is 4.72. The fourth-order valence-electron chi connectivity index (χ4n) is 4.11. The summed E-state index contributed by atoms with van der Waals surface area (Å²) in [7, 11) is 0. The Hall–Kier alpha value is -3.24. The molecular weight excluding hydrogens is 422 g/mol. The van der Waals surface area contributed by atoms with Gasteiger partial charge in [-0.05, 0) is 61.1 Å². The number of imidazole rings is 1. The highest BCUT2D eigenvalue weighted by Crippen LogP contribution is 2.25. The van der Waals surface area contributed by atoms with E-state index in [1.807, 2.05) is 19.1 Å². The van der Waals surface area contributed by atoms with E-state index in [2.05, 4.69) is 85.0 Å². The minimum Gasteiger partial charge on any atom is -0.322 e. The fraction of sp³-hybridized carbons (Fsp3) is 0.241. The maximum Gasteiger partial charge on any atom is 0.110 e. The molecule has 0 amide bonds. The lowest BCUT2D eigenvalue weighted by atomic mass is 10.0. The third-order valence-electron chi connectivity index (χ3n) is 5.86. The van der Waals surface area contributed by atoms with E-state index in [1.54, 1.807) is 11.3 Å². The molecular formula is C29H31N3S. The highest BCUT2D eigenvalue weighted by atomic mass is 32.1. The van der Waals surface area contributed by atoms with E-state index in [0.29, 0.717) is 0 Å². The lowest BCUT2D eigenvalue weighted by Gasteiger charge is -2.10. The number of rotatable bonds is 9. The van der Waals surface area contributed by atoms with Crippen LogP contribution in [0.2, 0.25) is 0 Å². The zero-order valence-corrected chi connectivity index (χ0v) is 20.5. The van der Waals surface area contributed by atoms with Crippen molar-refractivity contribution in [3.05, 3.63) is 112 Å². The molecule has 0 atom stereocenters. The number of nitrogens with zero attached hydrogens (tertiary/aromatic N) is 3. The predicted octanol–water partition coefficient (Wildman–Crippen LogP) is 7.34. The highest BCUT2D eigenvalue weighted by molar-refractivity contribution is 7.09. The van der Waals surface area contributed by atoms with Gasteiger partial charge in [0.25, 0.3) is 0 Å². The zero-order valence-electron chi connectivity index (χ0n) is 19.7. The minimum atomic E-state index is 0.735. The van der Waals surface area contributed by atoms with Gasteiger partial charge in [0.15, 0.2) is 0 Å². The van der Waals surface area contributed by atoms with Crippen molar-refractivity contribution in [2.24, 2.45) is 0 Å². The topological polar surface area (TPSA) is 30.7 Å². The average molecular weight is 454 g/mol. The summed E-state index contributed by atoms with van der Waals surface area (Å²) in [5, 5.41) is 3.25. The molecule has 0 spiro atoms. The van der Waals surface area contributed by atoms with Crippen molar-refractivity contribution in [2.75, 3.05) is 0 Å². The Morgan fingerprint density at radius 1 is 1.06 bits per heavy atom. The van der Waals surface area contributed by atoms with Gasteiger partial charge in [-0.3, -0.25) is 0 Å². The summed E-state index contributed by atoms with van der Waals surface area (Å²) in [6.07, 6.45) is 11.0. The molecule has 4 aromatic rings. The van der Waals surface area contributed by atoms with Crippen molar-refractivity contribution >= 4 is 27.9 Å². The monoisotopic (exact) mass is 453 g/mol. The molecule has 2 heterocycles. The molecule has 0 saturated heterocycles. The molecule has 0 radical (unpaired) electrons. The first-order valence-electron chi connectivity index (χ1n) is 11.5. The summed E-state index contributed by atoms with van der Waals surface area (Å²) in [6.45, 7) is 10.9. The van der Waals surface area contributed by atoms with Gasteiger partial charge in [0.05, 0.1) is 28.3 Å². The van der Waals surface area contributed by atoms with Gasteiger partial charge in [-0.25, -0.2) is 9.97 Å². The maximum absolute atomic E-state index is 5.04. The number of aromatic nitrogens is 3. The van der Waals surface area contributed by atoms with Crippen molar-refractivity contribution in [3.8, 4) is 0 Å². The number of hydrogen-bond acceptors (Lipinski definition) is 3. The van der Waals surface area contributed by atoms with Crippen molar-refractivity contribution in [3.63, 3.8) is 0 Å². The summed E-state index contributed by atoms with van der Waals surface area (Å²) in [4.78, 5) is 9.76. The first-order valence-corrected chi connectivity index (χ1v) is 12.4. The summed E-state index contributed by atoms with van der Waals surface area (Å²) < 4.78 is 2.34. The van der Waals surface area contributed by atoms with E-state index < -0.39 is 0 Å². The predicted molar refractivity (Wildman–Crippen MR) is 142 cm³/mol. The van der Waals surface area contributed by atoms with Gasteiger partial charge in [-0.1, -0.05) is 68.1 Å². The van der Waals surface area contributed by atoms with Gasteiger partial charge >= 0.3 is 0 Å². The largest absolute Gasteiger partial charge is 0.322 e. The van der Waals surface area contributed by atoms with Crippen molar-refractivity contribution < 1.29 is 0 Å². The van der Waals surface area contributed by atoms with E-state index in [1.165, 1.54) is 11.1 Å². The van der Waals surface area contributed by atoms with Crippen molar-refractivity contribution in [1.29, 1.82) is 0 Å². The van der Waals surface area contributed by atoms with Crippen LogP contribution in [0.4, 0.5) is 0 Å². The van der Waals surface area contributed by atoms with Gasteiger partial charge in [0.1, 0.15) is 5.82 Å². The Kier molecular flexibility index (Phi) is 7.36. The molecule has 0 aliphatic carbocycles. The summed E-state index contributed by atoms with van der Waals surface area (Å²) in [6, 6.07) is 15.5. The van der Waals surface area contributed by atoms with Gasteiger partial charge in [-0.2, -0.15) is 0 Å². The molecule has 2 aromatic carbocycles. The van der Waals surface area contributed by atoms with Crippen LogP contribution in [0.25, 0.3) is 16.6 Å². The second kappa shape index (κ2) is 10.6. The summed E-state index contributed by atoms with van der Waals surface area (Å²) in [5.74, 6) is 1.10. The SMILES string of the molecule is C=C/C=C(\C=C/C)c1ccc2nc(CCc3ccc(CC)cc3)n(Cc3csc(C)n3)c2c1. The van der Waals surface area contributed by atoms with Crippen LogP contribution in [0.5, 0.6) is 0 Å². The molecule has 0 N–H and O–H groups in total. The van der Waals surface area contributed by atoms with Crippen LogP contribution < -0.4 is 0 Å². The van der Waals surface area contributed by atoms with Crippen LogP contribution in [-0.4, -0.2) is 14.5 Å². The van der Waals surface area contributed by atoms with E-state index in [9.17, 15) is 0 Å². The molecule has 3 nitrogen and oxygen atoms in total. The standard InChI is InChI=1S/C29H31N3S/c1-5-8-24(9-6-2)25-15-16-27-28(18-25)32(19-26-20-33-21(4)30-26)29(31-27)17-14-23-12-10-22(7-3)11-13-23/h5-6,8-13,15-16,18,20H,1,7,14,17,19H2,2-4H3/b9-6-,24-8+. The maximum atomic E-state index is 5.04. The van der Waals surface area contributed by atoms with Gasteiger partial charge in [0, 0.05) is 11.8 Å². The number of aryl methyl sites for hydroxylation is 4. The Morgan fingerprint density at radius 3 is 2.52 bits per heavy atom. The number of hydrogen-bond donors (Lipinski definition) is 0. The molecule has 0 fully saturated rings. The molecule has 0 saturated carbocycles. The number of allylic oxidation sites excluding steroid dienone is 5. The van der Waals surface area contributed by atoms with Crippen LogP contribution >= 0.6 is 11.3 Å². The highest BCUT2D eigenvalue weighted by Gasteiger charge is 2.14. The quantitative estimate of drug-likeness (QED) is 0.248. The van der Waals surface area contributed by atoms with Crippen LogP contribution in [0.15, 0.2) is 78.7 Å². The Bertz CT molecular complexity index is 1300. The molecule has 0 aliphatic heterocycles. The van der Waals surface area contributed by atoms with Crippen molar-refractivity contribution in [2.45, 2.75) is 46.6 Å². The van der Waals surface area contributed by atoms with E-state index in [0.717, 1.165) is 64.5 Å². The molecule has 0 bridgehead atoms. The Labute approximate surface area is 200 Å². The first-order chi connectivity index (χ1) is 16.1. The van der Waals surface area contributed by atoms with E-state index in [-0.39, 0.29) is 0 Å². The number of thiazole rings is 1. The summed E-state index contributed by atoms with van der Waals surface area (Å²) in [5.41, 5.74) is 8.30. The molecule has 33 heavy (non-hydrogen) atoms. The van der Waals surface area contributed by atoms with Crippen LogP contribution in [-0.2, 0) is 25.8 Å². The van der Waals surface area contributed by atoms with Crippen LogP contribution in [0.3, 0.4) is 0 Å². The Balaban J connectivity index is 1.72. The zero-order chi connectivity index (χ0) is 23.2. The van der Waals surface area contributed by atoms with Crippen LogP contribution in [0.1, 0.15) is 47.1 Å². The molecule has 4 rings (SSSR count). The van der Waals surface area contributed by atoms with Gasteiger partial charge in [-0.15, -0.1) is 11.3 Å². The van der Waals surface area contributed by atoms with Gasteiger partial charge < -0.3 is 4.57 Å². The smallest absolute Gasteiger partial charge is 0.110 e. The van der Waals surface area contributed by atoms with Crippen molar-refractivity contribution in [1.82, 2.24) is 14.5 Å². The number of benzene rings is 2. The number of fused-ring (bicyclic) bond motifs is 1. The van der Waals surface area contributed by atoms with Crippen LogP contribution in [0, 0.1) is 6.92 Å². The molecule has 0 unspecified atom stereocenters. The normalized spacial score (nSPS) is 12.2. The first kappa shape index (κ1) is 22.9.